The number of carbonyl (C=O) groups is 2. The van der Waals surface area contributed by atoms with E-state index < -0.39 is 26.0 Å². The molecular weight excluding hydrogens is 649 g/mol. The van der Waals surface area contributed by atoms with E-state index in [1.54, 1.807) is 17.2 Å². The van der Waals surface area contributed by atoms with E-state index in [9.17, 15) is 9.59 Å². The average molecular weight is 705 g/mol. The van der Waals surface area contributed by atoms with Crippen LogP contribution in [0.3, 0.4) is 0 Å². The van der Waals surface area contributed by atoms with E-state index in [2.05, 4.69) is 58.8 Å². The molecule has 50 heavy (non-hydrogen) atoms. The highest BCUT2D eigenvalue weighted by molar-refractivity contribution is 6.74. The van der Waals surface area contributed by atoms with Gasteiger partial charge in [0.1, 0.15) is 28.8 Å². The van der Waals surface area contributed by atoms with E-state index in [0.717, 1.165) is 40.8 Å². The van der Waals surface area contributed by atoms with Crippen LogP contribution in [0.25, 0.3) is 11.1 Å². The fourth-order valence-corrected chi connectivity index (χ4v) is 6.69. The van der Waals surface area contributed by atoms with Crippen LogP contribution in [0.4, 0.5) is 4.79 Å². The van der Waals surface area contributed by atoms with Gasteiger partial charge < -0.3 is 28.3 Å². The van der Waals surface area contributed by atoms with Crippen LogP contribution in [0.2, 0.25) is 18.1 Å². The summed E-state index contributed by atoms with van der Waals surface area (Å²) in [4.78, 5) is 32.3. The van der Waals surface area contributed by atoms with Gasteiger partial charge in [-0.3, -0.25) is 4.98 Å². The number of carbonyl (C=O) groups excluding carboxylic acids is 2. The Hall–Kier alpha value is -3.89. The number of hydrogen-bond donors (Lipinski definition) is 0. The molecule has 1 aromatic heterocycles. The van der Waals surface area contributed by atoms with Gasteiger partial charge in [0, 0.05) is 12.4 Å². The summed E-state index contributed by atoms with van der Waals surface area (Å²) < 4.78 is 30.4. The Labute approximate surface area is 299 Å². The number of aryl methyl sites for hydroxylation is 1. The molecule has 0 spiro atoms. The molecule has 272 valence electrons. The molecule has 2 atom stereocenters. The molecule has 0 bridgehead atoms. The summed E-state index contributed by atoms with van der Waals surface area (Å²) in [7, 11) is -0.856. The van der Waals surface area contributed by atoms with E-state index in [1.165, 1.54) is 7.11 Å². The first kappa shape index (κ1) is 38.9. The van der Waals surface area contributed by atoms with Crippen LogP contribution in [-0.2, 0) is 20.3 Å². The minimum absolute atomic E-state index is 0.0225. The van der Waals surface area contributed by atoms with Crippen LogP contribution < -0.4 is 9.47 Å². The van der Waals surface area contributed by atoms with Gasteiger partial charge >= 0.3 is 12.1 Å². The van der Waals surface area contributed by atoms with Gasteiger partial charge in [-0.2, -0.15) is 0 Å². The summed E-state index contributed by atoms with van der Waals surface area (Å²) in [6, 6.07) is 15.6. The predicted molar refractivity (Wildman–Crippen MR) is 199 cm³/mol. The third-order valence-corrected chi connectivity index (χ3v) is 13.6. The van der Waals surface area contributed by atoms with E-state index in [0.29, 0.717) is 36.9 Å². The second-order valence-electron chi connectivity index (χ2n) is 16.0. The molecule has 0 saturated heterocycles. The second-order valence-corrected chi connectivity index (χ2v) is 20.8. The average Bonchev–Trinajstić information content (AvgIpc) is 3.05. The number of rotatable bonds is 12. The van der Waals surface area contributed by atoms with Gasteiger partial charge in [-0.1, -0.05) is 52.8 Å². The zero-order chi connectivity index (χ0) is 36.9. The lowest BCUT2D eigenvalue weighted by atomic mass is 9.96. The van der Waals surface area contributed by atoms with Gasteiger partial charge in [0.15, 0.2) is 8.32 Å². The first-order chi connectivity index (χ1) is 23.4. The van der Waals surface area contributed by atoms with Crippen molar-refractivity contribution in [2.75, 3.05) is 26.8 Å². The lowest BCUT2D eigenvalue weighted by molar-refractivity contribution is 0.00490. The Morgan fingerprint density at radius 1 is 1.02 bits per heavy atom. The molecule has 9 nitrogen and oxygen atoms in total. The quantitative estimate of drug-likeness (QED) is 0.136. The zero-order valence-electron chi connectivity index (χ0n) is 31.8. The Morgan fingerprint density at radius 3 is 2.34 bits per heavy atom. The second kappa shape index (κ2) is 16.0. The van der Waals surface area contributed by atoms with E-state index in [-0.39, 0.29) is 17.2 Å². The predicted octanol–water partition coefficient (Wildman–Crippen LogP) is 9.26. The maximum absolute atomic E-state index is 13.8. The molecule has 1 aliphatic rings. The maximum Gasteiger partial charge on any atom is 0.410 e. The maximum atomic E-state index is 13.8. The lowest BCUT2D eigenvalue weighted by Crippen LogP contribution is -2.48. The number of hydrogen-bond acceptors (Lipinski definition) is 8. The molecule has 0 saturated carbocycles. The first-order valence-corrected chi connectivity index (χ1v) is 20.5. The lowest BCUT2D eigenvalue weighted by Gasteiger charge is -2.41. The first-order valence-electron chi connectivity index (χ1n) is 17.6. The van der Waals surface area contributed by atoms with Crippen molar-refractivity contribution in [1.29, 1.82) is 0 Å². The smallest absolute Gasteiger partial charge is 0.410 e. The molecule has 10 heteroatoms. The number of amides is 1. The van der Waals surface area contributed by atoms with Crippen LogP contribution in [-0.4, -0.2) is 68.8 Å². The van der Waals surface area contributed by atoms with Crippen LogP contribution in [0.15, 0.2) is 60.9 Å². The Balaban J connectivity index is 1.58. The molecular formula is C40H56N2O7Si. The van der Waals surface area contributed by atoms with Crippen molar-refractivity contribution >= 4 is 20.4 Å². The van der Waals surface area contributed by atoms with Crippen molar-refractivity contribution in [3.63, 3.8) is 0 Å². The fraction of sp³-hybridized carbons (Fsp3) is 0.525. The Bertz CT molecular complexity index is 1610. The molecule has 2 aromatic carbocycles. The Morgan fingerprint density at radius 2 is 1.72 bits per heavy atom. The number of aromatic nitrogens is 1. The van der Waals surface area contributed by atoms with Crippen molar-refractivity contribution in [2.45, 2.75) is 104 Å². The van der Waals surface area contributed by atoms with E-state index in [4.69, 9.17) is 23.4 Å². The normalized spacial score (nSPS) is 15.5. The minimum Gasteiger partial charge on any atom is -0.492 e. The van der Waals surface area contributed by atoms with Crippen molar-refractivity contribution < 1.29 is 33.0 Å². The Kier molecular flexibility index (Phi) is 12.4. The molecule has 1 aliphatic heterocycles. The highest BCUT2D eigenvalue weighted by Gasteiger charge is 2.41. The van der Waals surface area contributed by atoms with Crippen molar-refractivity contribution in [3.8, 4) is 22.6 Å². The molecule has 0 N–H and O–H groups in total. The summed E-state index contributed by atoms with van der Waals surface area (Å²) in [5.74, 6) is 1.16. The highest BCUT2D eigenvalue weighted by Crippen LogP contribution is 2.40. The molecule has 0 radical (unpaired) electrons. The molecule has 4 rings (SSSR count). The number of ether oxygens (including phenoxy) is 4. The largest absolute Gasteiger partial charge is 0.492 e. The monoisotopic (exact) mass is 704 g/mol. The van der Waals surface area contributed by atoms with Crippen molar-refractivity contribution in [3.05, 3.63) is 77.6 Å². The SMILES string of the molecule is COC(=O)c1ccc(-c2ccc3c(c2)CC[C@H](CN(C[C@H](O[Si](C)(C)C(C)(C)C)c2cccnc2)C(=O)OC(C)(C)C)O3)cc1OCC(C)C. The fourth-order valence-electron chi connectivity index (χ4n) is 5.41. The summed E-state index contributed by atoms with van der Waals surface area (Å²) in [5.41, 5.74) is 3.67. The summed E-state index contributed by atoms with van der Waals surface area (Å²) >= 11 is 0. The number of nitrogens with zero attached hydrogens (tertiary/aromatic N) is 2. The number of benzene rings is 2. The van der Waals surface area contributed by atoms with E-state index >= 15 is 0 Å². The van der Waals surface area contributed by atoms with Gasteiger partial charge in [-0.25, -0.2) is 9.59 Å². The third-order valence-electron chi connectivity index (χ3n) is 9.14. The molecule has 1 amide bonds. The van der Waals surface area contributed by atoms with Crippen LogP contribution in [0.1, 0.15) is 89.4 Å². The van der Waals surface area contributed by atoms with Crippen molar-refractivity contribution in [1.82, 2.24) is 9.88 Å². The topological polar surface area (TPSA) is 96.4 Å². The minimum atomic E-state index is -2.23. The van der Waals surface area contributed by atoms with Gasteiger partial charge in [-0.05, 0) is 110 Å². The number of fused-ring (bicyclic) bond motifs is 1. The highest BCUT2D eigenvalue weighted by atomic mass is 28.4. The van der Waals surface area contributed by atoms with Crippen LogP contribution in [0.5, 0.6) is 11.5 Å². The molecule has 0 aliphatic carbocycles. The molecule has 2 heterocycles. The molecule has 3 aromatic rings. The summed E-state index contributed by atoms with van der Waals surface area (Å²) in [6.07, 6.45) is 4.04. The standard InChI is InChI=1S/C40H56N2O7Si/c1-27(2)26-46-35-22-29(15-18-33(35)37(43)45-9)28-16-19-34-30(21-28)14-17-32(47-34)24-42(38(44)48-39(3,4)5)25-36(31-13-12-20-41-23-31)49-50(10,11)40(6,7)8/h12-13,15-16,18-23,27,32,36H,14,17,24-26H2,1-11H3/t32-,36+/m1/s1. The van der Waals surface area contributed by atoms with Gasteiger partial charge in [0.05, 0.1) is 32.9 Å². The number of esters is 1. The van der Waals surface area contributed by atoms with Crippen LogP contribution >= 0.6 is 0 Å². The summed E-state index contributed by atoms with van der Waals surface area (Å²) in [5, 5.41) is -0.0225. The van der Waals surface area contributed by atoms with Crippen LogP contribution in [0, 0.1) is 5.92 Å². The van der Waals surface area contributed by atoms with Gasteiger partial charge in [0.2, 0.25) is 0 Å². The number of pyridine rings is 1. The number of methoxy groups -OCH3 is 1. The van der Waals surface area contributed by atoms with Gasteiger partial charge in [0.25, 0.3) is 0 Å². The molecule has 0 unspecified atom stereocenters. The van der Waals surface area contributed by atoms with Crippen molar-refractivity contribution in [2.24, 2.45) is 5.92 Å². The zero-order valence-corrected chi connectivity index (χ0v) is 32.8. The van der Waals surface area contributed by atoms with E-state index in [1.807, 2.05) is 63.4 Å². The summed E-state index contributed by atoms with van der Waals surface area (Å²) in [6.45, 7) is 22.0. The van der Waals surface area contributed by atoms with Gasteiger partial charge in [-0.15, -0.1) is 0 Å². The third kappa shape index (κ3) is 10.3. The molecule has 0 fully saturated rings.